The second-order valence-corrected chi connectivity index (χ2v) is 26.7. The Hall–Kier alpha value is -6.17. The molecule has 504 valence electrons. The Morgan fingerprint density at radius 3 is 1.26 bits per heavy atom. The fourth-order valence-electron chi connectivity index (χ4n) is 11.3. The van der Waals surface area contributed by atoms with E-state index >= 15 is 4.79 Å². The van der Waals surface area contributed by atoms with Gasteiger partial charge in [0.25, 0.3) is 0 Å². The van der Waals surface area contributed by atoms with Gasteiger partial charge in [-0.05, 0) is 108 Å². The van der Waals surface area contributed by atoms with E-state index in [2.05, 4.69) is 26.6 Å². The number of nitrogens with zero attached hydrogens (tertiary/aromatic N) is 6. The van der Waals surface area contributed by atoms with Crippen LogP contribution in [0.25, 0.3) is 0 Å². The number of carbonyl (C=O) groups excluding carboxylic acids is 11. The zero-order chi connectivity index (χ0) is 68.3. The summed E-state index contributed by atoms with van der Waals surface area (Å²) < 4.78 is 0. The average Bonchev–Trinajstić information content (AvgIpc) is 3.55. The third kappa shape index (κ3) is 22.1. The number of aliphatic hydroxyl groups excluding tert-OH is 2. The molecule has 15 atom stereocenters. The molecule has 0 aromatic carbocycles. The average molecular weight is 1250 g/mol. The SMILES string of the molecule is C/C=C/C[C@@H](C)[C@@H](O)[C@H]1C(=O)N[C@@H](C(C)O)C(=O)N(C)[C@H](CC)C(=O)N(C)[C@@H](C(C)CC)C(=O)N[C@@H](CC(C)C)C(=O)N(C)[C@@H](CC(C)C)C(=O)N[C@@H](C)C(=O)N[C@H](C)C(=O)N(C)[C@@H](CC(C)C)C(=O)N[C@@H](CC(C)C)C(=O)N(C)[C@@H](C(C)C)C(=O)N1C. The van der Waals surface area contributed by atoms with Gasteiger partial charge in [-0.15, -0.1) is 0 Å². The number of amides is 11. The molecule has 88 heavy (non-hydrogen) atoms. The van der Waals surface area contributed by atoms with Crippen LogP contribution in [0.1, 0.15) is 170 Å². The van der Waals surface area contributed by atoms with Crippen molar-refractivity contribution < 1.29 is 63.0 Å². The molecule has 24 heteroatoms. The van der Waals surface area contributed by atoms with Gasteiger partial charge in [-0.1, -0.05) is 116 Å². The molecule has 24 nitrogen and oxygen atoms in total. The fourth-order valence-corrected chi connectivity index (χ4v) is 11.3. The molecular weight excluding hydrogens is 1130 g/mol. The quantitative estimate of drug-likeness (QED) is 0.103. The van der Waals surface area contributed by atoms with Gasteiger partial charge in [0.1, 0.15) is 66.5 Å². The Morgan fingerprint density at radius 1 is 0.432 bits per heavy atom. The monoisotopic (exact) mass is 1250 g/mol. The van der Waals surface area contributed by atoms with Crippen LogP contribution in [-0.2, 0) is 52.7 Å². The lowest BCUT2D eigenvalue weighted by Crippen LogP contribution is -2.65. The van der Waals surface area contributed by atoms with Crippen LogP contribution in [-0.4, -0.2) is 226 Å². The summed E-state index contributed by atoms with van der Waals surface area (Å²) in [5.41, 5.74) is 0. The molecule has 1 heterocycles. The second kappa shape index (κ2) is 36.5. The summed E-state index contributed by atoms with van der Waals surface area (Å²) in [6, 6.07) is -14.6. The minimum absolute atomic E-state index is 0.00211. The van der Waals surface area contributed by atoms with Gasteiger partial charge in [-0.3, -0.25) is 52.7 Å². The maximum Gasteiger partial charge on any atom is 0.248 e. The van der Waals surface area contributed by atoms with Crippen LogP contribution in [0.5, 0.6) is 0 Å². The van der Waals surface area contributed by atoms with Crippen molar-refractivity contribution in [1.82, 2.24) is 56.0 Å². The molecule has 0 radical (unpaired) electrons. The first-order valence-electron chi connectivity index (χ1n) is 31.8. The standard InChI is InChI=1S/C64H115N11O13/c1-25-28-29-40(15)53(77)52-58(82)69-49(43(18)76)63(87)70(19)46(27-3)62(86)74(23)51(39(14)26-2)57(81)68-44(30-34(4)5)60(84)72(21)47(32-36(8)9)55(79)65-41(16)54(78)66-42(17)59(83)71(20)48(33-37(10)11)56(80)67-45(31-35(6)7)61(85)73(22)50(38(12)13)64(88)75(52)24/h25,28,34-53,76-77H,26-27,29-33H2,1-24H3,(H,65,79)(H,66,78)(H,67,80)(H,68,81)(H,69,82)/b28-25+/t39?,40-,41+,42-,43?,44+,45+,46-,47+,48+,49+,50+,51+,52+,53-/m1/s1. The smallest absolute Gasteiger partial charge is 0.248 e. The lowest BCUT2D eigenvalue weighted by molar-refractivity contribution is -0.155. The van der Waals surface area contributed by atoms with E-state index in [-0.39, 0.29) is 62.2 Å². The maximum atomic E-state index is 15.2. The molecule has 0 spiro atoms. The molecule has 2 unspecified atom stereocenters. The van der Waals surface area contributed by atoms with Gasteiger partial charge in [-0.2, -0.15) is 0 Å². The highest BCUT2D eigenvalue weighted by Gasteiger charge is 2.46. The molecule has 1 saturated heterocycles. The van der Waals surface area contributed by atoms with Crippen molar-refractivity contribution in [3.05, 3.63) is 12.2 Å². The maximum absolute atomic E-state index is 15.2. The molecular formula is C64H115N11O13. The molecule has 0 saturated carbocycles. The number of hydrogen-bond acceptors (Lipinski definition) is 13. The van der Waals surface area contributed by atoms with Crippen molar-refractivity contribution in [2.24, 2.45) is 41.4 Å². The Morgan fingerprint density at radius 2 is 0.830 bits per heavy atom. The van der Waals surface area contributed by atoms with Gasteiger partial charge in [0, 0.05) is 42.3 Å². The van der Waals surface area contributed by atoms with Gasteiger partial charge in [-0.25, -0.2) is 0 Å². The first-order chi connectivity index (χ1) is 40.7. The number of rotatable bonds is 17. The molecule has 0 aromatic rings. The van der Waals surface area contributed by atoms with E-state index in [1.54, 1.807) is 53.7 Å². The van der Waals surface area contributed by atoms with Crippen LogP contribution in [0.2, 0.25) is 0 Å². The number of carbonyl (C=O) groups is 11. The third-order valence-electron chi connectivity index (χ3n) is 16.8. The van der Waals surface area contributed by atoms with Crippen molar-refractivity contribution >= 4 is 65.0 Å². The first kappa shape index (κ1) is 79.8. The molecule has 0 aromatic heterocycles. The van der Waals surface area contributed by atoms with Crippen LogP contribution in [0.4, 0.5) is 0 Å². The summed E-state index contributed by atoms with van der Waals surface area (Å²) >= 11 is 0. The highest BCUT2D eigenvalue weighted by Crippen LogP contribution is 2.25. The predicted octanol–water partition coefficient (Wildman–Crippen LogP) is 3.07. The lowest BCUT2D eigenvalue weighted by atomic mass is 9.91. The minimum Gasteiger partial charge on any atom is -0.391 e. The molecule has 0 bridgehead atoms. The van der Waals surface area contributed by atoms with Crippen LogP contribution in [0.3, 0.4) is 0 Å². The van der Waals surface area contributed by atoms with Gasteiger partial charge in [0.2, 0.25) is 65.0 Å². The highest BCUT2D eigenvalue weighted by atomic mass is 16.3. The van der Waals surface area contributed by atoms with Crippen LogP contribution in [0.15, 0.2) is 12.2 Å². The van der Waals surface area contributed by atoms with Crippen molar-refractivity contribution in [3.63, 3.8) is 0 Å². The fraction of sp³-hybridized carbons (Fsp3) is 0.797. The second-order valence-electron chi connectivity index (χ2n) is 26.7. The Labute approximate surface area is 526 Å². The predicted molar refractivity (Wildman–Crippen MR) is 339 cm³/mol. The van der Waals surface area contributed by atoms with Crippen LogP contribution in [0, 0.1) is 41.4 Å². The normalized spacial score (nSPS) is 27.8. The van der Waals surface area contributed by atoms with E-state index in [1.807, 2.05) is 62.3 Å². The van der Waals surface area contributed by atoms with E-state index in [0.717, 1.165) is 9.80 Å². The Bertz CT molecular complexity index is 2400. The van der Waals surface area contributed by atoms with Crippen molar-refractivity contribution in [1.29, 1.82) is 0 Å². The van der Waals surface area contributed by atoms with Crippen molar-refractivity contribution in [2.75, 3.05) is 42.3 Å². The zero-order valence-electron chi connectivity index (χ0n) is 57.7. The van der Waals surface area contributed by atoms with E-state index in [1.165, 1.54) is 82.7 Å². The van der Waals surface area contributed by atoms with Gasteiger partial charge in [0.15, 0.2) is 0 Å². The number of hydrogen-bond donors (Lipinski definition) is 7. The topological polar surface area (TPSA) is 308 Å². The van der Waals surface area contributed by atoms with Crippen LogP contribution < -0.4 is 26.6 Å². The molecule has 0 aliphatic carbocycles. The Kier molecular flexibility index (Phi) is 33.1. The molecule has 11 amide bonds. The van der Waals surface area contributed by atoms with Crippen LogP contribution >= 0.6 is 0 Å². The van der Waals surface area contributed by atoms with Crippen molar-refractivity contribution in [2.45, 2.75) is 248 Å². The number of likely N-dealkylation sites (N-methyl/N-ethyl adjacent to an activating group) is 6. The largest absolute Gasteiger partial charge is 0.391 e. The molecule has 1 aliphatic heterocycles. The minimum atomic E-state index is -1.76. The molecule has 7 N–H and O–H groups in total. The zero-order valence-corrected chi connectivity index (χ0v) is 57.7. The Balaban J connectivity index is 4.44. The van der Waals surface area contributed by atoms with Crippen molar-refractivity contribution in [3.8, 4) is 0 Å². The lowest BCUT2D eigenvalue weighted by Gasteiger charge is -2.40. The summed E-state index contributed by atoms with van der Waals surface area (Å²) in [5.74, 6) is -10.7. The highest BCUT2D eigenvalue weighted by molar-refractivity contribution is 6.00. The summed E-state index contributed by atoms with van der Waals surface area (Å²) in [6.07, 6.45) is 1.45. The van der Waals surface area contributed by atoms with E-state index < -0.39 is 161 Å². The first-order valence-corrected chi connectivity index (χ1v) is 31.8. The summed E-state index contributed by atoms with van der Waals surface area (Å²) in [7, 11) is 8.25. The third-order valence-corrected chi connectivity index (χ3v) is 16.8. The molecule has 1 aliphatic rings. The van der Waals surface area contributed by atoms with Gasteiger partial charge < -0.3 is 66.2 Å². The molecule has 1 rings (SSSR count). The number of aliphatic hydroxyl groups is 2. The van der Waals surface area contributed by atoms with E-state index in [4.69, 9.17) is 0 Å². The number of nitrogens with one attached hydrogen (secondary N) is 5. The van der Waals surface area contributed by atoms with Gasteiger partial charge in [0.05, 0.1) is 12.2 Å². The summed E-state index contributed by atoms with van der Waals surface area (Å²) in [5, 5.41) is 37.2. The number of allylic oxidation sites excluding steroid dienone is 2. The van der Waals surface area contributed by atoms with Gasteiger partial charge >= 0.3 is 0 Å². The van der Waals surface area contributed by atoms with E-state index in [0.29, 0.717) is 6.42 Å². The van der Waals surface area contributed by atoms with E-state index in [9.17, 15) is 58.2 Å². The molecule has 1 fully saturated rings. The summed E-state index contributed by atoms with van der Waals surface area (Å²) in [4.78, 5) is 168. The summed E-state index contributed by atoms with van der Waals surface area (Å²) in [6.45, 7) is 31.0.